The summed E-state index contributed by atoms with van der Waals surface area (Å²) in [6, 6.07) is 18.7. The van der Waals surface area contributed by atoms with E-state index in [1.165, 1.54) is 0 Å². The quantitative estimate of drug-likeness (QED) is 0.569. The molecule has 1 aromatic heterocycles. The maximum atomic E-state index is 12.7. The van der Waals surface area contributed by atoms with Crippen LogP contribution in [0.5, 0.6) is 0 Å². The first kappa shape index (κ1) is 19.4. The molecular weight excluding hydrogens is 350 g/mol. The largest absolute Gasteiger partial charge is 0.550 e. The van der Waals surface area contributed by atoms with Crippen LogP contribution in [0.15, 0.2) is 72.9 Å². The number of aromatic nitrogens is 1. The number of carbonyl (C=O) groups is 2. The SMILES string of the molecule is Cc1ccc(C(=O)c2cccn2CC/C=C/c2cccc(CC(=O)[O-])c2)cc1. The Balaban J connectivity index is 1.62. The lowest BCUT2D eigenvalue weighted by Crippen LogP contribution is -2.24. The Bertz CT molecular complexity index is 997. The number of nitrogens with zero attached hydrogens (tertiary/aromatic N) is 1. The summed E-state index contributed by atoms with van der Waals surface area (Å²) in [5, 5.41) is 10.7. The van der Waals surface area contributed by atoms with Crippen molar-refractivity contribution in [3.8, 4) is 0 Å². The monoisotopic (exact) mass is 372 g/mol. The molecule has 0 fully saturated rings. The number of benzene rings is 2. The van der Waals surface area contributed by atoms with Crippen molar-refractivity contribution in [1.29, 1.82) is 0 Å². The molecule has 0 bridgehead atoms. The van der Waals surface area contributed by atoms with Crippen molar-refractivity contribution in [2.24, 2.45) is 0 Å². The maximum absolute atomic E-state index is 12.7. The molecule has 0 saturated carbocycles. The summed E-state index contributed by atoms with van der Waals surface area (Å²) >= 11 is 0. The summed E-state index contributed by atoms with van der Waals surface area (Å²) in [6.45, 7) is 2.69. The predicted molar refractivity (Wildman–Crippen MR) is 108 cm³/mol. The Labute approximate surface area is 164 Å². The molecule has 0 unspecified atom stereocenters. The highest BCUT2D eigenvalue weighted by atomic mass is 16.4. The van der Waals surface area contributed by atoms with E-state index in [9.17, 15) is 14.7 Å². The number of carbonyl (C=O) groups excluding carboxylic acids is 2. The van der Waals surface area contributed by atoms with Crippen LogP contribution in [0.25, 0.3) is 6.08 Å². The zero-order valence-corrected chi connectivity index (χ0v) is 15.8. The summed E-state index contributed by atoms with van der Waals surface area (Å²) in [5.41, 5.74) is 4.15. The number of hydrogen-bond acceptors (Lipinski definition) is 3. The standard InChI is InChI=1S/C24H23NO3/c1-18-10-12-21(13-11-18)24(28)22-9-5-15-25(22)14-3-2-6-19-7-4-8-20(16-19)17-23(26)27/h2,4-13,15-16H,3,14,17H2,1H3,(H,26,27)/p-1/b6-2+. The fraction of sp³-hybridized carbons (Fsp3) is 0.167. The second kappa shape index (κ2) is 9.00. The summed E-state index contributed by atoms with van der Waals surface area (Å²) in [4.78, 5) is 23.4. The van der Waals surface area contributed by atoms with Gasteiger partial charge in [0.15, 0.2) is 0 Å². The molecule has 28 heavy (non-hydrogen) atoms. The number of allylic oxidation sites excluding steroid dienone is 1. The Morgan fingerprint density at radius 2 is 1.82 bits per heavy atom. The number of aryl methyl sites for hydroxylation is 2. The minimum atomic E-state index is -1.08. The first-order valence-electron chi connectivity index (χ1n) is 9.25. The van der Waals surface area contributed by atoms with Gasteiger partial charge in [-0.1, -0.05) is 66.2 Å². The molecule has 0 amide bonds. The highest BCUT2D eigenvalue weighted by Crippen LogP contribution is 2.13. The van der Waals surface area contributed by atoms with Gasteiger partial charge in [0, 0.05) is 30.7 Å². The summed E-state index contributed by atoms with van der Waals surface area (Å²) in [6.07, 6.45) is 6.57. The highest BCUT2D eigenvalue weighted by Gasteiger charge is 2.12. The number of aliphatic carboxylic acids is 1. The lowest BCUT2D eigenvalue weighted by molar-refractivity contribution is -0.304. The lowest BCUT2D eigenvalue weighted by atomic mass is 10.1. The Morgan fingerprint density at radius 1 is 1.04 bits per heavy atom. The van der Waals surface area contributed by atoms with Crippen LogP contribution in [0.3, 0.4) is 0 Å². The van der Waals surface area contributed by atoms with Crippen molar-refractivity contribution < 1.29 is 14.7 Å². The maximum Gasteiger partial charge on any atom is 0.209 e. The third-order valence-corrected chi connectivity index (χ3v) is 4.52. The number of rotatable bonds is 8. The lowest BCUT2D eigenvalue weighted by Gasteiger charge is -2.07. The minimum Gasteiger partial charge on any atom is -0.550 e. The third-order valence-electron chi connectivity index (χ3n) is 4.52. The predicted octanol–water partition coefficient (Wildman–Crippen LogP) is 3.42. The van der Waals surface area contributed by atoms with Gasteiger partial charge in [-0.25, -0.2) is 0 Å². The average molecular weight is 372 g/mol. The summed E-state index contributed by atoms with van der Waals surface area (Å²) in [7, 11) is 0. The Morgan fingerprint density at radius 3 is 2.57 bits per heavy atom. The highest BCUT2D eigenvalue weighted by molar-refractivity contribution is 6.08. The van der Waals surface area contributed by atoms with E-state index in [4.69, 9.17) is 0 Å². The first-order chi connectivity index (χ1) is 13.5. The fourth-order valence-electron chi connectivity index (χ4n) is 3.07. The van der Waals surface area contributed by atoms with Crippen LogP contribution in [0.1, 0.15) is 39.2 Å². The summed E-state index contributed by atoms with van der Waals surface area (Å²) in [5.74, 6) is -1.07. The first-order valence-corrected chi connectivity index (χ1v) is 9.25. The number of hydrogen-bond donors (Lipinski definition) is 0. The molecular formula is C24H22NO3-. The molecule has 0 saturated heterocycles. The minimum absolute atomic E-state index is 0.0176. The van der Waals surface area contributed by atoms with Gasteiger partial charge in [-0.3, -0.25) is 4.79 Å². The molecule has 0 aliphatic rings. The van der Waals surface area contributed by atoms with E-state index in [0.29, 0.717) is 17.8 Å². The van der Waals surface area contributed by atoms with E-state index in [1.54, 1.807) is 6.07 Å². The van der Waals surface area contributed by atoms with Crippen molar-refractivity contribution in [2.75, 3.05) is 0 Å². The Hall–Kier alpha value is -3.40. The molecule has 142 valence electrons. The van der Waals surface area contributed by atoms with Gasteiger partial charge >= 0.3 is 0 Å². The molecule has 0 aliphatic carbocycles. The molecule has 0 spiro atoms. The molecule has 2 aromatic carbocycles. The van der Waals surface area contributed by atoms with Gasteiger partial charge in [-0.15, -0.1) is 0 Å². The van der Waals surface area contributed by atoms with Crippen molar-refractivity contribution in [3.63, 3.8) is 0 Å². The zero-order chi connectivity index (χ0) is 19.9. The molecule has 4 nitrogen and oxygen atoms in total. The second-order valence-electron chi connectivity index (χ2n) is 6.77. The molecule has 3 aromatic rings. The van der Waals surface area contributed by atoms with E-state index in [2.05, 4.69) is 0 Å². The normalized spacial score (nSPS) is 11.0. The number of ketones is 1. The van der Waals surface area contributed by atoms with E-state index in [0.717, 1.165) is 23.1 Å². The molecule has 3 rings (SSSR count). The van der Waals surface area contributed by atoms with Gasteiger partial charge in [0.25, 0.3) is 0 Å². The van der Waals surface area contributed by atoms with Crippen LogP contribution in [-0.2, 0) is 17.8 Å². The molecule has 0 radical (unpaired) electrons. The molecule has 1 heterocycles. The van der Waals surface area contributed by atoms with Crippen molar-refractivity contribution in [1.82, 2.24) is 4.57 Å². The number of carboxylic acid groups (broad SMARTS) is 1. The van der Waals surface area contributed by atoms with E-state index >= 15 is 0 Å². The molecule has 4 heteroatoms. The number of carboxylic acids is 1. The van der Waals surface area contributed by atoms with Crippen molar-refractivity contribution >= 4 is 17.8 Å². The fourth-order valence-corrected chi connectivity index (χ4v) is 3.07. The van der Waals surface area contributed by atoms with Crippen LogP contribution in [-0.4, -0.2) is 16.3 Å². The van der Waals surface area contributed by atoms with E-state index in [-0.39, 0.29) is 12.2 Å². The van der Waals surface area contributed by atoms with Crippen LogP contribution in [0.2, 0.25) is 0 Å². The van der Waals surface area contributed by atoms with Crippen LogP contribution in [0, 0.1) is 6.92 Å². The average Bonchev–Trinajstić information content (AvgIpc) is 3.13. The molecule has 0 atom stereocenters. The topological polar surface area (TPSA) is 62.1 Å². The van der Waals surface area contributed by atoms with Crippen molar-refractivity contribution in [2.45, 2.75) is 26.3 Å². The van der Waals surface area contributed by atoms with Crippen molar-refractivity contribution in [3.05, 3.63) is 101 Å². The Kier molecular flexibility index (Phi) is 6.22. The van der Waals surface area contributed by atoms with Crippen LogP contribution in [0.4, 0.5) is 0 Å². The second-order valence-corrected chi connectivity index (χ2v) is 6.77. The molecule has 0 aliphatic heterocycles. The van der Waals surface area contributed by atoms with E-state index in [1.807, 2.05) is 84.4 Å². The zero-order valence-electron chi connectivity index (χ0n) is 15.8. The summed E-state index contributed by atoms with van der Waals surface area (Å²) < 4.78 is 1.96. The van der Waals surface area contributed by atoms with Crippen LogP contribution < -0.4 is 5.11 Å². The van der Waals surface area contributed by atoms with Gasteiger partial charge in [-0.2, -0.15) is 0 Å². The molecule has 0 N–H and O–H groups in total. The smallest absolute Gasteiger partial charge is 0.209 e. The van der Waals surface area contributed by atoms with Gasteiger partial charge in [0.2, 0.25) is 5.78 Å². The van der Waals surface area contributed by atoms with Gasteiger partial charge < -0.3 is 14.5 Å². The third kappa shape index (κ3) is 5.07. The van der Waals surface area contributed by atoms with E-state index < -0.39 is 5.97 Å². The van der Waals surface area contributed by atoms with Gasteiger partial charge in [0.1, 0.15) is 0 Å². The van der Waals surface area contributed by atoms with Crippen LogP contribution >= 0.6 is 0 Å². The van der Waals surface area contributed by atoms with Gasteiger partial charge in [-0.05, 0) is 36.6 Å². The van der Waals surface area contributed by atoms with Gasteiger partial charge in [0.05, 0.1) is 5.69 Å².